The third kappa shape index (κ3) is 7.16. The fourth-order valence-corrected chi connectivity index (χ4v) is 2.89. The summed E-state index contributed by atoms with van der Waals surface area (Å²) in [6.45, 7) is -1.55. The highest BCUT2D eigenvalue weighted by Gasteiger charge is 2.32. The highest BCUT2D eigenvalue weighted by molar-refractivity contribution is 5.95. The molecule has 0 saturated heterocycles. The van der Waals surface area contributed by atoms with Crippen LogP contribution < -0.4 is 10.1 Å². The summed E-state index contributed by atoms with van der Waals surface area (Å²) in [6, 6.07) is 13.3. The van der Waals surface area contributed by atoms with E-state index in [9.17, 15) is 22.8 Å². The number of carbonyl (C=O) groups excluding carboxylic acids is 2. The lowest BCUT2D eigenvalue weighted by atomic mass is 10.1. The molecule has 0 atom stereocenters. The van der Waals surface area contributed by atoms with Crippen molar-refractivity contribution in [3.8, 4) is 5.75 Å². The van der Waals surface area contributed by atoms with E-state index in [0.717, 1.165) is 23.8 Å². The number of benzene rings is 2. The summed E-state index contributed by atoms with van der Waals surface area (Å²) in [5.41, 5.74) is 1.65. The maximum Gasteiger partial charge on any atom is 0.406 e. The van der Waals surface area contributed by atoms with Crippen molar-refractivity contribution in [2.75, 3.05) is 13.7 Å². The smallest absolute Gasteiger partial charge is 0.406 e. The first-order valence-corrected chi connectivity index (χ1v) is 9.81. The van der Waals surface area contributed by atoms with Crippen LogP contribution in [-0.4, -0.2) is 42.6 Å². The van der Waals surface area contributed by atoms with Gasteiger partial charge >= 0.3 is 6.18 Å². The maximum atomic E-state index is 13.0. The maximum absolute atomic E-state index is 13.0. The molecule has 1 saturated carbocycles. The van der Waals surface area contributed by atoms with Crippen molar-refractivity contribution in [1.82, 2.24) is 10.2 Å². The van der Waals surface area contributed by atoms with Gasteiger partial charge in [0.05, 0.1) is 7.11 Å². The number of hydrogen-bond acceptors (Lipinski definition) is 3. The quantitative estimate of drug-likeness (QED) is 0.637. The highest BCUT2D eigenvalue weighted by atomic mass is 19.4. The van der Waals surface area contributed by atoms with E-state index in [-0.39, 0.29) is 18.5 Å². The molecule has 1 aliphatic rings. The van der Waals surface area contributed by atoms with E-state index >= 15 is 0 Å². The van der Waals surface area contributed by atoms with E-state index in [1.165, 1.54) is 13.2 Å². The SMILES string of the molecule is COc1ccc(CN(CC(F)(F)F)C(=O)C=Cc2ccc(C(=O)NC3CC3)cc2)cc1. The average molecular weight is 432 g/mol. The van der Waals surface area contributed by atoms with E-state index in [1.54, 1.807) is 48.5 Å². The largest absolute Gasteiger partial charge is 0.497 e. The molecule has 5 nitrogen and oxygen atoms in total. The molecule has 1 N–H and O–H groups in total. The number of carbonyl (C=O) groups is 2. The Morgan fingerprint density at radius 3 is 2.29 bits per heavy atom. The fourth-order valence-electron chi connectivity index (χ4n) is 2.89. The van der Waals surface area contributed by atoms with Gasteiger partial charge in [0.1, 0.15) is 12.3 Å². The molecule has 1 fully saturated rings. The number of amides is 2. The molecule has 0 spiro atoms. The van der Waals surface area contributed by atoms with Gasteiger partial charge in [-0.3, -0.25) is 9.59 Å². The van der Waals surface area contributed by atoms with Gasteiger partial charge in [0, 0.05) is 24.2 Å². The normalized spacial score (nSPS) is 13.8. The first-order chi connectivity index (χ1) is 14.7. The molecule has 8 heteroatoms. The number of rotatable bonds is 8. The van der Waals surface area contributed by atoms with Crippen molar-refractivity contribution in [1.29, 1.82) is 0 Å². The molecule has 0 aromatic heterocycles. The Morgan fingerprint density at radius 1 is 1.10 bits per heavy atom. The lowest BCUT2D eigenvalue weighted by Gasteiger charge is -2.23. The number of ether oxygens (including phenoxy) is 1. The summed E-state index contributed by atoms with van der Waals surface area (Å²) in [5, 5.41) is 2.87. The van der Waals surface area contributed by atoms with Crippen LogP contribution >= 0.6 is 0 Å². The Bertz CT molecular complexity index is 934. The van der Waals surface area contributed by atoms with Crippen molar-refractivity contribution in [3.05, 3.63) is 71.3 Å². The number of alkyl halides is 3. The minimum absolute atomic E-state index is 0.162. The average Bonchev–Trinajstić information content (AvgIpc) is 3.55. The number of hydrogen-bond donors (Lipinski definition) is 1. The van der Waals surface area contributed by atoms with Gasteiger partial charge < -0.3 is 15.0 Å². The molecule has 0 bridgehead atoms. The van der Waals surface area contributed by atoms with Crippen molar-refractivity contribution < 1.29 is 27.5 Å². The predicted octanol–water partition coefficient (Wildman–Crippen LogP) is 4.19. The van der Waals surface area contributed by atoms with Gasteiger partial charge in [0.25, 0.3) is 5.91 Å². The third-order valence-electron chi connectivity index (χ3n) is 4.72. The lowest BCUT2D eigenvalue weighted by Crippen LogP contribution is -2.37. The Balaban J connectivity index is 1.66. The van der Waals surface area contributed by atoms with E-state index in [4.69, 9.17) is 4.74 Å². The monoisotopic (exact) mass is 432 g/mol. The van der Waals surface area contributed by atoms with Crippen LogP contribution in [0.3, 0.4) is 0 Å². The lowest BCUT2D eigenvalue weighted by molar-refractivity contribution is -0.159. The van der Waals surface area contributed by atoms with Gasteiger partial charge in [-0.25, -0.2) is 0 Å². The Kier molecular flexibility index (Phi) is 6.99. The molecule has 0 aliphatic heterocycles. The summed E-state index contributed by atoms with van der Waals surface area (Å²) < 4.78 is 44.0. The molecule has 2 aromatic carbocycles. The number of halogens is 3. The molecule has 0 heterocycles. The van der Waals surface area contributed by atoms with Gasteiger partial charge in [-0.05, 0) is 54.3 Å². The minimum Gasteiger partial charge on any atom is -0.497 e. The zero-order valence-corrected chi connectivity index (χ0v) is 17.0. The highest BCUT2D eigenvalue weighted by Crippen LogP contribution is 2.21. The second-order valence-corrected chi connectivity index (χ2v) is 7.36. The molecular weight excluding hydrogens is 409 g/mol. The van der Waals surface area contributed by atoms with E-state index in [0.29, 0.717) is 22.4 Å². The minimum atomic E-state index is -4.52. The van der Waals surface area contributed by atoms with Crippen molar-refractivity contribution in [3.63, 3.8) is 0 Å². The Morgan fingerprint density at radius 2 is 1.74 bits per heavy atom. The number of methoxy groups -OCH3 is 1. The molecule has 2 amide bonds. The first kappa shape index (κ1) is 22.4. The second-order valence-electron chi connectivity index (χ2n) is 7.36. The summed E-state index contributed by atoms with van der Waals surface area (Å²) in [6.07, 6.45) is -0.0113. The van der Waals surface area contributed by atoms with Gasteiger partial charge in [0.15, 0.2) is 0 Å². The molecule has 31 heavy (non-hydrogen) atoms. The van der Waals surface area contributed by atoms with Crippen molar-refractivity contribution in [2.45, 2.75) is 31.6 Å². The molecule has 1 aliphatic carbocycles. The van der Waals surface area contributed by atoms with Crippen LogP contribution in [0.5, 0.6) is 5.75 Å². The zero-order valence-electron chi connectivity index (χ0n) is 17.0. The van der Waals surface area contributed by atoms with Gasteiger partial charge in [-0.2, -0.15) is 13.2 Å². The van der Waals surface area contributed by atoms with Gasteiger partial charge in [0.2, 0.25) is 5.91 Å². The van der Waals surface area contributed by atoms with Crippen molar-refractivity contribution in [2.24, 2.45) is 0 Å². The number of nitrogens with zero attached hydrogens (tertiary/aromatic N) is 1. The van der Waals surface area contributed by atoms with Gasteiger partial charge in [-0.1, -0.05) is 24.3 Å². The molecule has 0 radical (unpaired) electrons. The van der Waals surface area contributed by atoms with Crippen LogP contribution in [0, 0.1) is 0 Å². The van der Waals surface area contributed by atoms with Crippen LogP contribution in [0.15, 0.2) is 54.6 Å². The topological polar surface area (TPSA) is 58.6 Å². The zero-order chi connectivity index (χ0) is 22.4. The third-order valence-corrected chi connectivity index (χ3v) is 4.72. The van der Waals surface area contributed by atoms with Crippen LogP contribution in [0.2, 0.25) is 0 Å². The molecular formula is C23H23F3N2O3. The van der Waals surface area contributed by atoms with Crippen LogP contribution in [-0.2, 0) is 11.3 Å². The fraction of sp³-hybridized carbons (Fsp3) is 0.304. The summed E-state index contributed by atoms with van der Waals surface area (Å²) >= 11 is 0. The molecule has 2 aromatic rings. The van der Waals surface area contributed by atoms with E-state index in [2.05, 4.69) is 5.32 Å². The van der Waals surface area contributed by atoms with Crippen molar-refractivity contribution >= 4 is 17.9 Å². The van der Waals surface area contributed by atoms with Crippen LogP contribution in [0.4, 0.5) is 13.2 Å². The summed E-state index contributed by atoms with van der Waals surface area (Å²) in [7, 11) is 1.49. The summed E-state index contributed by atoms with van der Waals surface area (Å²) in [4.78, 5) is 25.2. The van der Waals surface area contributed by atoms with Crippen LogP contribution in [0.1, 0.15) is 34.3 Å². The predicted molar refractivity (Wildman–Crippen MR) is 110 cm³/mol. The Hall–Kier alpha value is -3.29. The molecule has 0 unspecified atom stereocenters. The molecule has 3 rings (SSSR count). The Labute approximate surface area is 178 Å². The second kappa shape index (κ2) is 9.68. The standard InChI is InChI=1S/C23H23F3N2O3/c1-31-20-11-4-17(5-12-20)14-28(15-23(24,25)26)21(29)13-6-16-2-7-18(8-3-16)22(30)27-19-9-10-19/h2-8,11-13,19H,9-10,14-15H2,1H3,(H,27,30). The first-order valence-electron chi connectivity index (χ1n) is 9.81. The van der Waals surface area contributed by atoms with Crippen LogP contribution in [0.25, 0.3) is 6.08 Å². The van der Waals surface area contributed by atoms with E-state index in [1.807, 2.05) is 0 Å². The van der Waals surface area contributed by atoms with Gasteiger partial charge in [-0.15, -0.1) is 0 Å². The molecule has 164 valence electrons. The summed E-state index contributed by atoms with van der Waals surface area (Å²) in [5.74, 6) is -0.347. The van der Waals surface area contributed by atoms with E-state index < -0.39 is 18.6 Å². The number of nitrogens with one attached hydrogen (secondary N) is 1.